The Kier molecular flexibility index (Phi) is 2.34. The molecule has 1 aliphatic rings. The number of nitrogens with zero attached hydrogens (tertiary/aromatic N) is 2. The molecule has 90 valence electrons. The standard InChI is InChI=1S/C9H10N4O4/c10-7-5(13(16)17)1-2-6(11-7)12-9(3-4-9)8(14)15/h1-2H,3-4H2,(H,14,15)(H3,10,11,12). The first-order valence-corrected chi connectivity index (χ1v) is 4.87. The lowest BCUT2D eigenvalue weighted by Crippen LogP contribution is -2.31. The van der Waals surface area contributed by atoms with Crippen molar-refractivity contribution in [2.24, 2.45) is 0 Å². The number of pyridine rings is 1. The third-order valence-electron chi connectivity index (χ3n) is 2.63. The van der Waals surface area contributed by atoms with Gasteiger partial charge in [0.2, 0.25) is 5.82 Å². The zero-order chi connectivity index (χ0) is 12.6. The van der Waals surface area contributed by atoms with Gasteiger partial charge in [-0.3, -0.25) is 10.1 Å². The second kappa shape index (κ2) is 3.58. The maximum absolute atomic E-state index is 10.9. The predicted molar refractivity (Wildman–Crippen MR) is 58.5 cm³/mol. The van der Waals surface area contributed by atoms with Gasteiger partial charge in [0.25, 0.3) is 0 Å². The number of carbonyl (C=O) groups is 1. The molecule has 0 saturated heterocycles. The lowest BCUT2D eigenvalue weighted by molar-refractivity contribution is -0.384. The van der Waals surface area contributed by atoms with Crippen molar-refractivity contribution < 1.29 is 14.8 Å². The largest absolute Gasteiger partial charge is 0.480 e. The molecule has 0 amide bonds. The lowest BCUT2D eigenvalue weighted by atomic mass is 10.2. The molecule has 0 radical (unpaired) electrons. The molecule has 17 heavy (non-hydrogen) atoms. The van der Waals surface area contributed by atoms with Gasteiger partial charge in [-0.15, -0.1) is 0 Å². The molecule has 2 rings (SSSR count). The Bertz CT molecular complexity index is 498. The molecule has 0 bridgehead atoms. The molecule has 8 heteroatoms. The lowest BCUT2D eigenvalue weighted by Gasteiger charge is -2.12. The number of carboxylic acid groups (broad SMARTS) is 1. The molecule has 1 saturated carbocycles. The minimum atomic E-state index is -0.991. The molecule has 4 N–H and O–H groups in total. The van der Waals surface area contributed by atoms with Crippen LogP contribution < -0.4 is 11.1 Å². The van der Waals surface area contributed by atoms with E-state index in [4.69, 9.17) is 10.8 Å². The summed E-state index contributed by atoms with van der Waals surface area (Å²) < 4.78 is 0. The molecule has 1 aliphatic carbocycles. The highest BCUT2D eigenvalue weighted by Crippen LogP contribution is 2.39. The van der Waals surface area contributed by atoms with Gasteiger partial charge in [0, 0.05) is 6.07 Å². The SMILES string of the molecule is Nc1nc(NC2(C(=O)O)CC2)ccc1[N+](=O)[O-]. The number of hydrogen-bond donors (Lipinski definition) is 3. The summed E-state index contributed by atoms with van der Waals surface area (Å²) in [5.74, 6) is -0.967. The summed E-state index contributed by atoms with van der Waals surface area (Å²) in [4.78, 5) is 24.5. The first-order chi connectivity index (χ1) is 7.94. The van der Waals surface area contributed by atoms with E-state index in [1.54, 1.807) is 0 Å². The second-order valence-corrected chi connectivity index (χ2v) is 3.87. The van der Waals surface area contributed by atoms with Crippen molar-refractivity contribution in [2.75, 3.05) is 11.1 Å². The highest BCUT2D eigenvalue weighted by Gasteiger charge is 2.50. The highest BCUT2D eigenvalue weighted by molar-refractivity contribution is 5.86. The van der Waals surface area contributed by atoms with Gasteiger partial charge < -0.3 is 16.2 Å². The van der Waals surface area contributed by atoms with Crippen LogP contribution in [0.2, 0.25) is 0 Å². The van der Waals surface area contributed by atoms with Crippen LogP contribution in [0.15, 0.2) is 12.1 Å². The number of nitrogens with one attached hydrogen (secondary N) is 1. The molecule has 1 fully saturated rings. The summed E-state index contributed by atoms with van der Waals surface area (Å²) in [5, 5.41) is 22.2. The fourth-order valence-electron chi connectivity index (χ4n) is 1.45. The Labute approximate surface area is 95.6 Å². The summed E-state index contributed by atoms with van der Waals surface area (Å²) in [5.41, 5.74) is 4.11. The fraction of sp³-hybridized carbons (Fsp3) is 0.333. The van der Waals surface area contributed by atoms with E-state index in [1.165, 1.54) is 12.1 Å². The minimum Gasteiger partial charge on any atom is -0.480 e. The van der Waals surface area contributed by atoms with Crippen molar-refractivity contribution in [3.8, 4) is 0 Å². The van der Waals surface area contributed by atoms with Crippen LogP contribution >= 0.6 is 0 Å². The van der Waals surface area contributed by atoms with Gasteiger partial charge in [0.05, 0.1) is 4.92 Å². The van der Waals surface area contributed by atoms with Crippen LogP contribution in [0, 0.1) is 10.1 Å². The van der Waals surface area contributed by atoms with Crippen molar-refractivity contribution >= 4 is 23.3 Å². The molecular weight excluding hydrogens is 228 g/mol. The van der Waals surface area contributed by atoms with E-state index in [-0.39, 0.29) is 17.3 Å². The Balaban J connectivity index is 2.22. The van der Waals surface area contributed by atoms with E-state index in [2.05, 4.69) is 10.3 Å². The molecule has 8 nitrogen and oxygen atoms in total. The number of nitrogen functional groups attached to an aromatic ring is 1. The van der Waals surface area contributed by atoms with Crippen LogP contribution in [-0.4, -0.2) is 26.5 Å². The highest BCUT2D eigenvalue weighted by atomic mass is 16.6. The molecule has 0 unspecified atom stereocenters. The van der Waals surface area contributed by atoms with Crippen molar-refractivity contribution in [3.05, 3.63) is 22.2 Å². The summed E-state index contributed by atoms with van der Waals surface area (Å²) in [6.45, 7) is 0. The molecule has 0 aromatic carbocycles. The summed E-state index contributed by atoms with van der Waals surface area (Å²) >= 11 is 0. The first kappa shape index (κ1) is 11.1. The van der Waals surface area contributed by atoms with Gasteiger partial charge in [-0.2, -0.15) is 0 Å². The average molecular weight is 238 g/mol. The zero-order valence-corrected chi connectivity index (χ0v) is 8.71. The number of aromatic nitrogens is 1. The van der Waals surface area contributed by atoms with Gasteiger partial charge in [0.1, 0.15) is 11.4 Å². The van der Waals surface area contributed by atoms with Crippen LogP contribution in [0.4, 0.5) is 17.3 Å². The zero-order valence-electron chi connectivity index (χ0n) is 8.71. The van der Waals surface area contributed by atoms with E-state index in [0.717, 1.165) is 0 Å². The fourth-order valence-corrected chi connectivity index (χ4v) is 1.45. The molecule has 0 aliphatic heterocycles. The monoisotopic (exact) mass is 238 g/mol. The van der Waals surface area contributed by atoms with Crippen LogP contribution in [-0.2, 0) is 4.79 Å². The van der Waals surface area contributed by atoms with Crippen molar-refractivity contribution in [1.29, 1.82) is 0 Å². The first-order valence-electron chi connectivity index (χ1n) is 4.87. The molecule has 0 atom stereocenters. The van der Waals surface area contributed by atoms with E-state index < -0.39 is 16.4 Å². The average Bonchev–Trinajstić information content (AvgIpc) is 2.98. The molecule has 1 heterocycles. The van der Waals surface area contributed by atoms with Crippen molar-refractivity contribution in [1.82, 2.24) is 4.98 Å². The van der Waals surface area contributed by atoms with E-state index in [9.17, 15) is 14.9 Å². The number of nitro groups is 1. The normalized spacial score (nSPS) is 16.2. The van der Waals surface area contributed by atoms with Gasteiger partial charge in [-0.25, -0.2) is 9.78 Å². The van der Waals surface area contributed by atoms with E-state index in [0.29, 0.717) is 12.8 Å². The number of hydrogen-bond acceptors (Lipinski definition) is 6. The van der Waals surface area contributed by atoms with Crippen molar-refractivity contribution in [2.45, 2.75) is 18.4 Å². The van der Waals surface area contributed by atoms with E-state index >= 15 is 0 Å². The smallest absolute Gasteiger partial charge is 0.329 e. The Morgan fingerprint density at radius 3 is 2.65 bits per heavy atom. The molecular formula is C9H10N4O4. The molecule has 0 spiro atoms. The van der Waals surface area contributed by atoms with Crippen LogP contribution in [0.25, 0.3) is 0 Å². The summed E-state index contributed by atoms with van der Waals surface area (Å²) in [7, 11) is 0. The quantitative estimate of drug-likeness (QED) is 0.516. The summed E-state index contributed by atoms with van der Waals surface area (Å²) in [6, 6.07) is 2.54. The minimum absolute atomic E-state index is 0.230. The van der Waals surface area contributed by atoms with Crippen molar-refractivity contribution in [3.63, 3.8) is 0 Å². The van der Waals surface area contributed by atoms with Gasteiger partial charge in [-0.05, 0) is 18.9 Å². The third-order valence-corrected chi connectivity index (χ3v) is 2.63. The molecule has 1 aromatic heterocycles. The number of anilines is 2. The molecule has 1 aromatic rings. The van der Waals surface area contributed by atoms with Gasteiger partial charge in [0.15, 0.2) is 0 Å². The maximum atomic E-state index is 10.9. The van der Waals surface area contributed by atoms with Crippen LogP contribution in [0.5, 0.6) is 0 Å². The van der Waals surface area contributed by atoms with Gasteiger partial charge in [-0.1, -0.05) is 0 Å². The van der Waals surface area contributed by atoms with E-state index in [1.807, 2.05) is 0 Å². The number of nitrogens with two attached hydrogens (primary N) is 1. The number of carboxylic acids is 1. The Morgan fingerprint density at radius 1 is 1.59 bits per heavy atom. The van der Waals surface area contributed by atoms with Crippen LogP contribution in [0.1, 0.15) is 12.8 Å². The number of rotatable bonds is 4. The predicted octanol–water partition coefficient (Wildman–Crippen LogP) is 0.601. The topological polar surface area (TPSA) is 131 Å². The Hall–Kier alpha value is -2.38. The maximum Gasteiger partial charge on any atom is 0.329 e. The number of aliphatic carboxylic acids is 1. The third kappa shape index (κ3) is 1.96. The Morgan fingerprint density at radius 2 is 2.24 bits per heavy atom. The second-order valence-electron chi connectivity index (χ2n) is 3.87. The summed E-state index contributed by atoms with van der Waals surface area (Å²) in [6.07, 6.45) is 1.00. The van der Waals surface area contributed by atoms with Crippen LogP contribution in [0.3, 0.4) is 0 Å². The van der Waals surface area contributed by atoms with Gasteiger partial charge >= 0.3 is 11.7 Å².